The number of amides is 2. The van der Waals surface area contributed by atoms with Crippen molar-refractivity contribution in [1.29, 1.82) is 0 Å². The molecule has 11 nitrogen and oxygen atoms in total. The zero-order valence-corrected chi connectivity index (χ0v) is 29.7. The van der Waals surface area contributed by atoms with E-state index in [1.807, 2.05) is 34.9 Å². The number of carbonyl (C=O) groups is 2. The maximum atomic E-state index is 14.3. The van der Waals surface area contributed by atoms with Crippen molar-refractivity contribution in [2.24, 2.45) is 11.3 Å². The number of hydrogen-bond acceptors (Lipinski definition) is 9. The average molecular weight is 655 g/mol. The molecule has 1 spiro atoms. The van der Waals surface area contributed by atoms with E-state index in [1.54, 1.807) is 9.80 Å². The number of hydrogen-bond donors (Lipinski definition) is 0. The smallest absolute Gasteiger partial charge is 0.282 e. The maximum absolute atomic E-state index is 14.3. The normalized spacial score (nSPS) is 16.6. The Hall–Kier alpha value is -3.38. The summed E-state index contributed by atoms with van der Waals surface area (Å²) in [6, 6.07) is 4.46. The van der Waals surface area contributed by atoms with Gasteiger partial charge in [0, 0.05) is 70.7 Å². The molecular formula is C35H55FN8O3. The van der Waals surface area contributed by atoms with Crippen LogP contribution < -0.4 is 9.64 Å². The molecule has 0 unspecified atom stereocenters. The fraction of sp³-hybridized carbons (Fsp3) is 0.686. The molecule has 0 N–H and O–H groups in total. The zero-order valence-electron chi connectivity index (χ0n) is 29.7. The van der Waals surface area contributed by atoms with Gasteiger partial charge >= 0.3 is 0 Å². The average Bonchev–Trinajstić information content (AvgIpc) is 3.45. The van der Waals surface area contributed by atoms with E-state index in [-0.39, 0.29) is 40.5 Å². The second-order valence-corrected chi connectivity index (χ2v) is 14.2. The van der Waals surface area contributed by atoms with Crippen LogP contribution in [0.1, 0.15) is 77.1 Å². The van der Waals surface area contributed by atoms with Crippen LogP contribution in [-0.4, -0.2) is 126 Å². The summed E-state index contributed by atoms with van der Waals surface area (Å²) in [4.78, 5) is 40.3. The molecule has 2 aromatic rings. The summed E-state index contributed by atoms with van der Waals surface area (Å²) in [5, 5.41) is 8.22. The predicted octanol–water partition coefficient (Wildman–Crippen LogP) is 4.79. The van der Waals surface area contributed by atoms with Crippen molar-refractivity contribution in [3.63, 3.8) is 0 Å². The Bertz CT molecular complexity index is 1350. The fourth-order valence-electron chi connectivity index (χ4n) is 7.07. The van der Waals surface area contributed by atoms with Crippen molar-refractivity contribution in [3.8, 4) is 11.6 Å². The van der Waals surface area contributed by atoms with Gasteiger partial charge in [0.2, 0.25) is 5.91 Å². The molecule has 0 aliphatic carbocycles. The Balaban J connectivity index is 1.35. The van der Waals surface area contributed by atoms with Gasteiger partial charge in [-0.15, -0.1) is 10.2 Å². The monoisotopic (exact) mass is 654 g/mol. The first-order valence-electron chi connectivity index (χ1n) is 17.2. The Morgan fingerprint density at radius 2 is 1.79 bits per heavy atom. The minimum absolute atomic E-state index is 0.0482. The zero-order chi connectivity index (χ0) is 34.3. The Labute approximate surface area is 280 Å². The van der Waals surface area contributed by atoms with E-state index in [0.717, 1.165) is 65.0 Å². The number of nitrogens with zero attached hydrogens (tertiary/aromatic N) is 8. The largest absolute Gasteiger partial charge is 0.434 e. The van der Waals surface area contributed by atoms with E-state index in [9.17, 15) is 14.0 Å². The van der Waals surface area contributed by atoms with Crippen LogP contribution in [0.5, 0.6) is 11.6 Å². The van der Waals surface area contributed by atoms with Crippen molar-refractivity contribution in [3.05, 3.63) is 35.9 Å². The quantitative estimate of drug-likeness (QED) is 0.253. The van der Waals surface area contributed by atoms with E-state index in [2.05, 4.69) is 50.8 Å². The SMILES string of the molecule is CCN(C(=O)c1cc(F)ccc1Oc1nncnc1N1CCC2(C1)CN([C@H](CCCN(C)CCCC(=O)N(C)C)C(C)C)C2)C(C)C. The molecular weight excluding hydrogens is 599 g/mol. The Morgan fingerprint density at radius 1 is 1.06 bits per heavy atom. The van der Waals surface area contributed by atoms with Crippen molar-refractivity contribution in [2.75, 3.05) is 71.9 Å². The van der Waals surface area contributed by atoms with Gasteiger partial charge in [-0.05, 0) is 90.7 Å². The van der Waals surface area contributed by atoms with Crippen LogP contribution in [-0.2, 0) is 4.79 Å². The van der Waals surface area contributed by atoms with E-state index >= 15 is 0 Å². The number of anilines is 1. The predicted molar refractivity (Wildman–Crippen MR) is 182 cm³/mol. The van der Waals surface area contributed by atoms with Gasteiger partial charge in [-0.25, -0.2) is 9.37 Å². The van der Waals surface area contributed by atoms with Crippen molar-refractivity contribution >= 4 is 17.6 Å². The van der Waals surface area contributed by atoms with Gasteiger partial charge in [0.15, 0.2) is 5.82 Å². The second kappa shape index (κ2) is 16.1. The first kappa shape index (κ1) is 36.5. The molecule has 2 amide bonds. The van der Waals surface area contributed by atoms with Gasteiger partial charge in [-0.3, -0.25) is 14.5 Å². The molecule has 2 aliphatic rings. The summed E-state index contributed by atoms with van der Waals surface area (Å²) in [6.07, 6.45) is 6.23. The van der Waals surface area contributed by atoms with Gasteiger partial charge in [-0.2, -0.15) is 0 Å². The molecule has 2 aliphatic heterocycles. The highest BCUT2D eigenvalue weighted by molar-refractivity contribution is 5.97. The number of ether oxygens (including phenoxy) is 1. The van der Waals surface area contributed by atoms with Crippen LogP contribution in [0.15, 0.2) is 24.5 Å². The summed E-state index contributed by atoms with van der Waals surface area (Å²) in [5.74, 6) is 0.978. The molecule has 260 valence electrons. The van der Waals surface area contributed by atoms with Gasteiger partial charge in [0.05, 0.1) is 5.56 Å². The van der Waals surface area contributed by atoms with Crippen LogP contribution in [0.25, 0.3) is 0 Å². The number of likely N-dealkylation sites (tertiary alicyclic amines) is 1. The van der Waals surface area contributed by atoms with Crippen LogP contribution >= 0.6 is 0 Å². The number of carbonyl (C=O) groups excluding carboxylic acids is 2. The highest BCUT2D eigenvalue weighted by Gasteiger charge is 2.50. The lowest BCUT2D eigenvalue weighted by molar-refractivity contribution is -0.128. The summed E-state index contributed by atoms with van der Waals surface area (Å²) in [5.41, 5.74) is 0.330. The second-order valence-electron chi connectivity index (χ2n) is 14.2. The standard InChI is InChI=1S/C35H55FN8O3/c1-9-44(26(4)5)34(46)28-20-27(36)14-15-30(28)47-33-32(37-24-38-39-33)42-19-16-35(21-42)22-43(23-35)29(25(2)3)12-10-17-41(8)18-11-13-31(45)40(6)7/h14-15,20,24-26,29H,9-13,16-19,21-23H2,1-8H3/t29-/m1/s1. The van der Waals surface area contributed by atoms with E-state index in [1.165, 1.54) is 24.5 Å². The Kier molecular flexibility index (Phi) is 12.5. The van der Waals surface area contributed by atoms with E-state index in [0.29, 0.717) is 30.7 Å². The minimum Gasteiger partial charge on any atom is -0.434 e. The number of aromatic nitrogens is 3. The van der Waals surface area contributed by atoms with Crippen LogP contribution in [0.3, 0.4) is 0 Å². The highest BCUT2D eigenvalue weighted by atomic mass is 19.1. The molecule has 0 bridgehead atoms. The lowest BCUT2D eigenvalue weighted by Crippen LogP contribution is -2.62. The summed E-state index contributed by atoms with van der Waals surface area (Å²) in [7, 11) is 5.77. The molecule has 2 fully saturated rings. The topological polar surface area (TPSA) is 98.2 Å². The Morgan fingerprint density at radius 3 is 2.45 bits per heavy atom. The minimum atomic E-state index is -0.506. The summed E-state index contributed by atoms with van der Waals surface area (Å²) < 4.78 is 20.5. The molecule has 0 saturated carbocycles. The maximum Gasteiger partial charge on any atom is 0.282 e. The molecule has 4 rings (SSSR count). The number of halogens is 1. The molecule has 12 heteroatoms. The van der Waals surface area contributed by atoms with E-state index in [4.69, 9.17) is 4.74 Å². The van der Waals surface area contributed by atoms with Gasteiger partial charge in [0.25, 0.3) is 11.8 Å². The van der Waals surface area contributed by atoms with Crippen molar-refractivity contribution in [2.45, 2.75) is 78.8 Å². The lowest BCUT2D eigenvalue weighted by Gasteiger charge is -2.53. The van der Waals surface area contributed by atoms with Crippen molar-refractivity contribution in [1.82, 2.24) is 34.8 Å². The number of benzene rings is 1. The summed E-state index contributed by atoms with van der Waals surface area (Å²) in [6.45, 7) is 16.6. The van der Waals surface area contributed by atoms with Crippen LogP contribution in [0.4, 0.5) is 10.2 Å². The van der Waals surface area contributed by atoms with E-state index < -0.39 is 5.82 Å². The first-order valence-corrected chi connectivity index (χ1v) is 17.2. The third-order valence-corrected chi connectivity index (χ3v) is 9.70. The van der Waals surface area contributed by atoms with Crippen LogP contribution in [0, 0.1) is 17.2 Å². The number of rotatable bonds is 16. The third-order valence-electron chi connectivity index (χ3n) is 9.70. The fourth-order valence-corrected chi connectivity index (χ4v) is 7.07. The third kappa shape index (κ3) is 9.16. The molecule has 2 saturated heterocycles. The van der Waals surface area contributed by atoms with Gasteiger partial charge in [-0.1, -0.05) is 13.8 Å². The molecule has 3 heterocycles. The molecule has 1 aromatic heterocycles. The molecule has 0 radical (unpaired) electrons. The van der Waals surface area contributed by atoms with Gasteiger partial charge < -0.3 is 24.3 Å². The molecule has 1 atom stereocenters. The molecule has 1 aromatic carbocycles. The van der Waals surface area contributed by atoms with Crippen molar-refractivity contribution < 1.29 is 18.7 Å². The lowest BCUT2D eigenvalue weighted by atomic mass is 9.76. The summed E-state index contributed by atoms with van der Waals surface area (Å²) >= 11 is 0. The van der Waals surface area contributed by atoms with Gasteiger partial charge in [0.1, 0.15) is 17.9 Å². The molecule has 47 heavy (non-hydrogen) atoms. The van der Waals surface area contributed by atoms with Crippen LogP contribution in [0.2, 0.25) is 0 Å². The first-order chi connectivity index (χ1) is 22.3. The highest BCUT2D eigenvalue weighted by Crippen LogP contribution is 2.44.